The second-order valence-electron chi connectivity index (χ2n) is 6.04. The molecule has 0 saturated heterocycles. The molecule has 1 atom stereocenters. The minimum absolute atomic E-state index is 0.175. The van der Waals surface area contributed by atoms with E-state index in [0.717, 1.165) is 18.8 Å². The fourth-order valence-corrected chi connectivity index (χ4v) is 4.06. The normalized spacial score (nSPS) is 18.0. The Balaban J connectivity index is 1.93. The van der Waals surface area contributed by atoms with Crippen LogP contribution in [-0.4, -0.2) is 38.0 Å². The average molecular weight is 326 g/mol. The predicted octanol–water partition coefficient (Wildman–Crippen LogP) is 3.82. The second kappa shape index (κ2) is 7.20. The summed E-state index contributed by atoms with van der Waals surface area (Å²) in [6.07, 6.45) is 0.538. The van der Waals surface area contributed by atoms with Gasteiger partial charge in [0.15, 0.2) is 0 Å². The van der Waals surface area contributed by atoms with E-state index in [1.54, 1.807) is 11.8 Å². The number of rotatable bonds is 4. The number of carbonyl (C=O) groups excluding carboxylic acids is 1. The standard InChI is InChI=1S/C19H22N2OS/c1-20(2)12-13-21-16-10-6-7-11-17(16)23-18(14-19(21)22)15-8-4-3-5-9-15/h3-11,18H,12-14H2,1-2H3/t18-/m1/s1. The van der Waals surface area contributed by atoms with E-state index in [1.165, 1.54) is 10.5 Å². The van der Waals surface area contributed by atoms with Crippen LogP contribution in [-0.2, 0) is 4.79 Å². The molecule has 1 aliphatic heterocycles. The zero-order valence-electron chi connectivity index (χ0n) is 13.6. The van der Waals surface area contributed by atoms with Gasteiger partial charge in [-0.1, -0.05) is 42.5 Å². The molecule has 0 bridgehead atoms. The number of carbonyl (C=O) groups is 1. The number of nitrogens with zero attached hydrogens (tertiary/aromatic N) is 2. The minimum atomic E-state index is 0.175. The number of thioether (sulfide) groups is 1. The van der Waals surface area contributed by atoms with Crippen molar-refractivity contribution in [3.05, 3.63) is 60.2 Å². The van der Waals surface area contributed by atoms with E-state index in [4.69, 9.17) is 0 Å². The molecule has 0 radical (unpaired) electrons. The van der Waals surface area contributed by atoms with Gasteiger partial charge in [0.1, 0.15) is 0 Å². The summed E-state index contributed by atoms with van der Waals surface area (Å²) in [6, 6.07) is 18.6. The predicted molar refractivity (Wildman–Crippen MR) is 97.0 cm³/mol. The van der Waals surface area contributed by atoms with Crippen LogP contribution in [0.4, 0.5) is 5.69 Å². The second-order valence-corrected chi connectivity index (χ2v) is 7.28. The summed E-state index contributed by atoms with van der Waals surface area (Å²) < 4.78 is 0. The molecule has 0 aromatic heterocycles. The molecule has 120 valence electrons. The number of anilines is 1. The van der Waals surface area contributed by atoms with Crippen molar-refractivity contribution in [1.82, 2.24) is 4.90 Å². The SMILES string of the molecule is CN(C)CCN1C(=O)C[C@H](c2ccccc2)Sc2ccccc21. The summed E-state index contributed by atoms with van der Waals surface area (Å²) >= 11 is 1.80. The van der Waals surface area contributed by atoms with Crippen LogP contribution in [0.1, 0.15) is 17.2 Å². The maximum absolute atomic E-state index is 12.9. The van der Waals surface area contributed by atoms with Crippen molar-refractivity contribution in [3.63, 3.8) is 0 Å². The first-order chi connectivity index (χ1) is 11.1. The summed E-state index contributed by atoms with van der Waals surface area (Å²) in [4.78, 5) is 18.1. The Hall–Kier alpha value is -1.78. The highest BCUT2D eigenvalue weighted by atomic mass is 32.2. The molecule has 23 heavy (non-hydrogen) atoms. The quantitative estimate of drug-likeness (QED) is 0.853. The summed E-state index contributed by atoms with van der Waals surface area (Å²) in [5.74, 6) is 0.207. The first-order valence-electron chi connectivity index (χ1n) is 7.91. The van der Waals surface area contributed by atoms with E-state index in [2.05, 4.69) is 29.2 Å². The zero-order chi connectivity index (χ0) is 16.2. The summed E-state index contributed by atoms with van der Waals surface area (Å²) in [5, 5.41) is 0.175. The van der Waals surface area contributed by atoms with Crippen LogP contribution in [0, 0.1) is 0 Å². The molecule has 0 saturated carbocycles. The Morgan fingerprint density at radius 1 is 1.09 bits per heavy atom. The summed E-state index contributed by atoms with van der Waals surface area (Å²) in [5.41, 5.74) is 2.26. The van der Waals surface area contributed by atoms with Crippen molar-refractivity contribution in [3.8, 4) is 0 Å². The van der Waals surface area contributed by atoms with Crippen LogP contribution in [0.3, 0.4) is 0 Å². The largest absolute Gasteiger partial charge is 0.310 e. The van der Waals surface area contributed by atoms with E-state index in [9.17, 15) is 4.79 Å². The Kier molecular flexibility index (Phi) is 5.03. The monoisotopic (exact) mass is 326 g/mol. The first kappa shape index (κ1) is 16.1. The van der Waals surface area contributed by atoms with Crippen LogP contribution >= 0.6 is 11.8 Å². The van der Waals surface area contributed by atoms with Crippen LogP contribution in [0.15, 0.2) is 59.5 Å². The smallest absolute Gasteiger partial charge is 0.228 e. The van der Waals surface area contributed by atoms with Gasteiger partial charge in [-0.15, -0.1) is 11.8 Å². The van der Waals surface area contributed by atoms with Gasteiger partial charge in [-0.05, 0) is 31.8 Å². The fourth-order valence-electron chi connectivity index (χ4n) is 2.78. The van der Waals surface area contributed by atoms with E-state index in [1.807, 2.05) is 49.3 Å². The summed E-state index contributed by atoms with van der Waals surface area (Å²) in [7, 11) is 4.07. The van der Waals surface area contributed by atoms with Gasteiger partial charge in [-0.2, -0.15) is 0 Å². The molecule has 1 aliphatic rings. The lowest BCUT2D eigenvalue weighted by atomic mass is 10.1. The molecule has 1 amide bonds. The zero-order valence-corrected chi connectivity index (χ0v) is 14.4. The Morgan fingerprint density at radius 3 is 2.52 bits per heavy atom. The molecular weight excluding hydrogens is 304 g/mol. The third kappa shape index (κ3) is 3.77. The number of hydrogen-bond acceptors (Lipinski definition) is 3. The minimum Gasteiger partial charge on any atom is -0.310 e. The van der Waals surface area contributed by atoms with Gasteiger partial charge < -0.3 is 9.80 Å². The number of hydrogen-bond donors (Lipinski definition) is 0. The van der Waals surface area contributed by atoms with Crippen LogP contribution in [0.25, 0.3) is 0 Å². The lowest BCUT2D eigenvalue weighted by molar-refractivity contribution is -0.118. The van der Waals surface area contributed by atoms with Crippen LogP contribution < -0.4 is 4.90 Å². The van der Waals surface area contributed by atoms with E-state index >= 15 is 0 Å². The lowest BCUT2D eigenvalue weighted by Crippen LogP contribution is -2.36. The van der Waals surface area contributed by atoms with Gasteiger partial charge >= 0.3 is 0 Å². The van der Waals surface area contributed by atoms with E-state index < -0.39 is 0 Å². The first-order valence-corrected chi connectivity index (χ1v) is 8.79. The van der Waals surface area contributed by atoms with E-state index in [-0.39, 0.29) is 11.2 Å². The molecule has 0 N–H and O–H groups in total. The molecule has 4 heteroatoms. The molecule has 0 unspecified atom stereocenters. The Labute approximate surface area is 142 Å². The number of amides is 1. The van der Waals surface area contributed by atoms with Crippen molar-refractivity contribution in [2.45, 2.75) is 16.6 Å². The highest BCUT2D eigenvalue weighted by Gasteiger charge is 2.28. The van der Waals surface area contributed by atoms with Crippen molar-refractivity contribution < 1.29 is 4.79 Å². The highest BCUT2D eigenvalue weighted by molar-refractivity contribution is 7.99. The maximum Gasteiger partial charge on any atom is 0.228 e. The Morgan fingerprint density at radius 2 is 1.78 bits per heavy atom. The van der Waals surface area contributed by atoms with Gasteiger partial charge in [0.05, 0.1) is 5.69 Å². The Bertz CT molecular complexity index is 672. The molecular formula is C19H22N2OS. The number of benzene rings is 2. The molecule has 0 fully saturated rings. The third-order valence-electron chi connectivity index (χ3n) is 4.03. The number of fused-ring (bicyclic) bond motifs is 1. The lowest BCUT2D eigenvalue weighted by Gasteiger charge is -2.24. The van der Waals surface area contributed by atoms with Gasteiger partial charge in [0.25, 0.3) is 0 Å². The maximum atomic E-state index is 12.9. The average Bonchev–Trinajstić information content (AvgIpc) is 2.70. The number of likely N-dealkylation sites (N-methyl/N-ethyl adjacent to an activating group) is 1. The van der Waals surface area contributed by atoms with Crippen molar-refractivity contribution >= 4 is 23.4 Å². The molecule has 2 aromatic carbocycles. The molecule has 0 spiro atoms. The molecule has 3 nitrogen and oxygen atoms in total. The topological polar surface area (TPSA) is 23.6 Å². The van der Waals surface area contributed by atoms with Crippen molar-refractivity contribution in [2.24, 2.45) is 0 Å². The third-order valence-corrected chi connectivity index (χ3v) is 5.35. The fraction of sp³-hybridized carbons (Fsp3) is 0.316. The van der Waals surface area contributed by atoms with Crippen molar-refractivity contribution in [2.75, 3.05) is 32.1 Å². The van der Waals surface area contributed by atoms with Gasteiger partial charge in [0, 0.05) is 29.7 Å². The molecule has 0 aliphatic carbocycles. The van der Waals surface area contributed by atoms with Gasteiger partial charge in [0.2, 0.25) is 5.91 Å². The van der Waals surface area contributed by atoms with Crippen LogP contribution in [0.2, 0.25) is 0 Å². The van der Waals surface area contributed by atoms with Gasteiger partial charge in [-0.3, -0.25) is 4.79 Å². The van der Waals surface area contributed by atoms with E-state index in [0.29, 0.717) is 6.42 Å². The summed E-state index contributed by atoms with van der Waals surface area (Å²) in [6.45, 7) is 1.59. The highest BCUT2D eigenvalue weighted by Crippen LogP contribution is 2.45. The number of para-hydroxylation sites is 1. The van der Waals surface area contributed by atoms with Crippen LogP contribution in [0.5, 0.6) is 0 Å². The molecule has 1 heterocycles. The molecule has 3 rings (SSSR count). The molecule has 2 aromatic rings. The van der Waals surface area contributed by atoms with Crippen molar-refractivity contribution in [1.29, 1.82) is 0 Å². The van der Waals surface area contributed by atoms with Gasteiger partial charge in [-0.25, -0.2) is 0 Å².